The molecule has 1 aliphatic heterocycles. The fourth-order valence-corrected chi connectivity index (χ4v) is 3.27. The van der Waals surface area contributed by atoms with Gasteiger partial charge in [0.15, 0.2) is 0 Å². The van der Waals surface area contributed by atoms with Gasteiger partial charge in [-0.3, -0.25) is 0 Å². The van der Waals surface area contributed by atoms with Gasteiger partial charge in [-0.15, -0.1) is 0 Å². The summed E-state index contributed by atoms with van der Waals surface area (Å²) in [6, 6.07) is 1.39. The summed E-state index contributed by atoms with van der Waals surface area (Å²) in [4.78, 5) is 0. The summed E-state index contributed by atoms with van der Waals surface area (Å²) >= 11 is 2.09. The van der Waals surface area contributed by atoms with Crippen LogP contribution in [0.25, 0.3) is 0 Å². The molecule has 1 saturated heterocycles. The van der Waals surface area contributed by atoms with Gasteiger partial charge < -0.3 is 10.1 Å². The van der Waals surface area contributed by atoms with Gasteiger partial charge >= 0.3 is 0 Å². The van der Waals surface area contributed by atoms with E-state index in [9.17, 15) is 0 Å². The van der Waals surface area contributed by atoms with Crippen molar-refractivity contribution >= 4 is 11.8 Å². The molecule has 0 aromatic heterocycles. The molecule has 1 unspecified atom stereocenters. The summed E-state index contributed by atoms with van der Waals surface area (Å²) in [5.74, 6) is 3.58. The molecular formula is C11H21NOS. The molecular weight excluding hydrogens is 194 g/mol. The Bertz CT molecular complexity index is 167. The van der Waals surface area contributed by atoms with Gasteiger partial charge in [-0.25, -0.2) is 0 Å². The first-order chi connectivity index (χ1) is 6.90. The maximum absolute atomic E-state index is 5.28. The molecule has 2 aliphatic rings. The van der Waals surface area contributed by atoms with Crippen molar-refractivity contribution in [1.29, 1.82) is 0 Å². The van der Waals surface area contributed by atoms with Crippen molar-refractivity contribution in [2.75, 3.05) is 25.2 Å². The summed E-state index contributed by atoms with van der Waals surface area (Å²) < 4.78 is 5.28. The average molecular weight is 215 g/mol. The highest BCUT2D eigenvalue weighted by atomic mass is 32.2. The van der Waals surface area contributed by atoms with E-state index in [1.165, 1.54) is 37.2 Å². The Balaban J connectivity index is 1.73. The molecule has 2 rings (SSSR count). The molecule has 0 bridgehead atoms. The van der Waals surface area contributed by atoms with Crippen LogP contribution in [0.2, 0.25) is 0 Å². The molecule has 3 heteroatoms. The van der Waals surface area contributed by atoms with Crippen LogP contribution in [-0.2, 0) is 4.74 Å². The summed E-state index contributed by atoms with van der Waals surface area (Å²) in [5.41, 5.74) is 0. The highest BCUT2D eigenvalue weighted by Crippen LogP contribution is 2.33. The Kier molecular flexibility index (Phi) is 4.14. The number of rotatable bonds is 5. The first-order valence-electron chi connectivity index (χ1n) is 5.73. The second-order valence-electron chi connectivity index (χ2n) is 4.45. The minimum absolute atomic E-state index is 0.632. The lowest BCUT2D eigenvalue weighted by Gasteiger charge is -2.28. The Morgan fingerprint density at radius 2 is 2.00 bits per heavy atom. The van der Waals surface area contributed by atoms with Crippen LogP contribution in [0, 0.1) is 5.92 Å². The van der Waals surface area contributed by atoms with Crippen LogP contribution in [0.3, 0.4) is 0 Å². The highest BCUT2D eigenvalue weighted by molar-refractivity contribution is 7.99. The Labute approximate surface area is 91.2 Å². The normalized spacial score (nSPS) is 26.4. The summed E-state index contributed by atoms with van der Waals surface area (Å²) in [6.45, 7) is 0.897. The van der Waals surface area contributed by atoms with Crippen molar-refractivity contribution in [3.05, 3.63) is 0 Å². The lowest BCUT2D eigenvalue weighted by Crippen LogP contribution is -2.44. The number of nitrogens with one attached hydrogen (secondary N) is 1. The molecule has 82 valence electrons. The monoisotopic (exact) mass is 215 g/mol. The van der Waals surface area contributed by atoms with E-state index in [4.69, 9.17) is 4.74 Å². The Morgan fingerprint density at radius 1 is 1.29 bits per heavy atom. The van der Waals surface area contributed by atoms with Crippen molar-refractivity contribution in [3.8, 4) is 0 Å². The van der Waals surface area contributed by atoms with Crippen molar-refractivity contribution in [2.24, 2.45) is 5.92 Å². The third-order valence-corrected chi connectivity index (χ3v) is 4.26. The Hall–Kier alpha value is 0.270. The van der Waals surface area contributed by atoms with Gasteiger partial charge in [-0.2, -0.15) is 11.8 Å². The molecule has 1 heterocycles. The standard InChI is InChI=1S/C11H21NOS/c1-13-8-11(9-2-3-9)12-10-4-6-14-7-5-10/h9-12H,2-8H2,1H3. The molecule has 0 radical (unpaired) electrons. The molecule has 1 saturated carbocycles. The molecule has 1 atom stereocenters. The van der Waals surface area contributed by atoms with Gasteiger partial charge in [0.25, 0.3) is 0 Å². The molecule has 2 fully saturated rings. The van der Waals surface area contributed by atoms with Crippen molar-refractivity contribution < 1.29 is 4.74 Å². The van der Waals surface area contributed by atoms with Crippen LogP contribution in [0.4, 0.5) is 0 Å². The molecule has 2 nitrogen and oxygen atoms in total. The van der Waals surface area contributed by atoms with E-state index in [-0.39, 0.29) is 0 Å². The van der Waals surface area contributed by atoms with Gasteiger partial charge in [0, 0.05) is 19.2 Å². The number of ether oxygens (including phenoxy) is 1. The van der Waals surface area contributed by atoms with E-state index in [0.717, 1.165) is 18.6 Å². The molecule has 1 aliphatic carbocycles. The molecule has 0 aromatic carbocycles. The predicted molar refractivity (Wildman–Crippen MR) is 61.9 cm³/mol. The Morgan fingerprint density at radius 3 is 2.57 bits per heavy atom. The van der Waals surface area contributed by atoms with Crippen LogP contribution in [0.1, 0.15) is 25.7 Å². The number of thioether (sulfide) groups is 1. The second kappa shape index (κ2) is 5.38. The molecule has 0 amide bonds. The van der Waals surface area contributed by atoms with E-state index >= 15 is 0 Å². The maximum Gasteiger partial charge on any atom is 0.0618 e. The zero-order valence-electron chi connectivity index (χ0n) is 9.00. The van der Waals surface area contributed by atoms with E-state index in [1.54, 1.807) is 0 Å². The first kappa shape index (κ1) is 10.8. The first-order valence-corrected chi connectivity index (χ1v) is 6.88. The minimum atomic E-state index is 0.632. The maximum atomic E-state index is 5.28. The van der Waals surface area contributed by atoms with Crippen molar-refractivity contribution in [2.45, 2.75) is 37.8 Å². The van der Waals surface area contributed by atoms with Gasteiger partial charge in [0.1, 0.15) is 0 Å². The van der Waals surface area contributed by atoms with Gasteiger partial charge in [-0.1, -0.05) is 0 Å². The van der Waals surface area contributed by atoms with Crippen LogP contribution >= 0.6 is 11.8 Å². The summed E-state index contributed by atoms with van der Waals surface area (Å²) in [5, 5.41) is 3.78. The zero-order valence-corrected chi connectivity index (χ0v) is 9.81. The quantitative estimate of drug-likeness (QED) is 0.757. The molecule has 0 aromatic rings. The third kappa shape index (κ3) is 3.14. The SMILES string of the molecule is COCC(NC1CCSCC1)C1CC1. The number of hydrogen-bond donors (Lipinski definition) is 1. The topological polar surface area (TPSA) is 21.3 Å². The summed E-state index contributed by atoms with van der Waals surface area (Å²) in [7, 11) is 1.81. The predicted octanol–water partition coefficient (Wildman–Crippen LogP) is 1.90. The largest absolute Gasteiger partial charge is 0.383 e. The smallest absolute Gasteiger partial charge is 0.0618 e. The van der Waals surface area contributed by atoms with E-state index in [0.29, 0.717) is 6.04 Å². The molecule has 14 heavy (non-hydrogen) atoms. The number of hydrogen-bond acceptors (Lipinski definition) is 3. The van der Waals surface area contributed by atoms with Crippen LogP contribution in [0.5, 0.6) is 0 Å². The van der Waals surface area contributed by atoms with E-state index < -0.39 is 0 Å². The van der Waals surface area contributed by atoms with E-state index in [2.05, 4.69) is 17.1 Å². The lowest BCUT2D eigenvalue weighted by molar-refractivity contribution is 0.150. The molecule has 0 spiro atoms. The van der Waals surface area contributed by atoms with Crippen LogP contribution in [0.15, 0.2) is 0 Å². The minimum Gasteiger partial charge on any atom is -0.383 e. The van der Waals surface area contributed by atoms with Gasteiger partial charge in [0.05, 0.1) is 6.61 Å². The van der Waals surface area contributed by atoms with Crippen molar-refractivity contribution in [3.63, 3.8) is 0 Å². The van der Waals surface area contributed by atoms with Crippen molar-refractivity contribution in [1.82, 2.24) is 5.32 Å². The van der Waals surface area contributed by atoms with Crippen LogP contribution < -0.4 is 5.32 Å². The van der Waals surface area contributed by atoms with E-state index in [1.807, 2.05) is 7.11 Å². The fraction of sp³-hybridized carbons (Fsp3) is 1.00. The fourth-order valence-electron chi connectivity index (χ4n) is 2.17. The highest BCUT2D eigenvalue weighted by Gasteiger charge is 2.32. The third-order valence-electron chi connectivity index (χ3n) is 3.21. The summed E-state index contributed by atoms with van der Waals surface area (Å²) in [6.07, 6.45) is 5.50. The van der Waals surface area contributed by atoms with Crippen LogP contribution in [-0.4, -0.2) is 37.3 Å². The van der Waals surface area contributed by atoms with Gasteiger partial charge in [-0.05, 0) is 43.1 Å². The second-order valence-corrected chi connectivity index (χ2v) is 5.68. The van der Waals surface area contributed by atoms with Gasteiger partial charge in [0.2, 0.25) is 0 Å². The lowest BCUT2D eigenvalue weighted by atomic mass is 10.1. The zero-order chi connectivity index (χ0) is 9.80. The average Bonchev–Trinajstić information content (AvgIpc) is 3.02. The molecule has 1 N–H and O–H groups in total. The number of methoxy groups -OCH3 is 1.